The second kappa shape index (κ2) is 10.4. The van der Waals surface area contributed by atoms with Crippen molar-refractivity contribution in [2.45, 2.75) is 48.7 Å². The zero-order valence-corrected chi connectivity index (χ0v) is 20.2. The van der Waals surface area contributed by atoms with Crippen LogP contribution >= 0.6 is 0 Å². The van der Waals surface area contributed by atoms with E-state index in [1.54, 1.807) is 0 Å². The second-order valence-electron chi connectivity index (χ2n) is 8.34. The summed E-state index contributed by atoms with van der Waals surface area (Å²) in [6.07, 6.45) is -8.03. The van der Waals surface area contributed by atoms with Gasteiger partial charge in [-0.15, -0.1) is 0 Å². The molecule has 0 aliphatic carbocycles. The number of hydrogen-bond acceptors (Lipinski definition) is 7. The molecule has 1 aliphatic rings. The largest absolute Gasteiger partial charge is 0.451 e. The van der Waals surface area contributed by atoms with Crippen molar-refractivity contribution in [2.24, 2.45) is 0 Å². The molecule has 2 atom stereocenters. The maximum atomic E-state index is 13.7. The summed E-state index contributed by atoms with van der Waals surface area (Å²) in [5.74, 6) is -3.20. The molecule has 17 heteroatoms. The van der Waals surface area contributed by atoms with Crippen LogP contribution in [0.25, 0.3) is 11.3 Å². The van der Waals surface area contributed by atoms with E-state index in [1.807, 2.05) is 0 Å². The molecule has 3 heterocycles. The summed E-state index contributed by atoms with van der Waals surface area (Å²) in [6, 6.07) is 0.235. The lowest BCUT2D eigenvalue weighted by Crippen LogP contribution is -2.52. The monoisotopic (exact) mass is 578 g/mol. The van der Waals surface area contributed by atoms with E-state index in [1.165, 1.54) is 6.07 Å². The normalized spacial score (nSPS) is 18.7. The lowest BCUT2D eigenvalue weighted by Gasteiger charge is -2.30. The van der Waals surface area contributed by atoms with Gasteiger partial charge in [0.1, 0.15) is 24.2 Å². The van der Waals surface area contributed by atoms with Crippen LogP contribution < -0.4 is 5.32 Å². The lowest BCUT2D eigenvalue weighted by molar-refractivity contribution is -0.167. The Balaban J connectivity index is 1.53. The summed E-state index contributed by atoms with van der Waals surface area (Å²) in [6.45, 7) is -0.368. The molecule has 0 bridgehead atoms. The Labute approximate surface area is 216 Å². The molecule has 0 radical (unpaired) electrons. The number of sulfonamides is 1. The predicted octanol–water partition coefficient (Wildman–Crippen LogP) is 3.49. The van der Waals surface area contributed by atoms with Gasteiger partial charge in [-0.25, -0.2) is 32.7 Å². The number of benzene rings is 1. The first-order valence-corrected chi connectivity index (χ1v) is 12.5. The average Bonchev–Trinajstić information content (AvgIpc) is 3.35. The molecule has 1 saturated heterocycles. The minimum absolute atomic E-state index is 0.0839. The number of alkyl halides is 6. The fraction of sp³-hybridized carbons (Fsp3) is 0.318. The van der Waals surface area contributed by atoms with E-state index in [-0.39, 0.29) is 27.8 Å². The molecule has 1 amide bonds. The third-order valence-electron chi connectivity index (χ3n) is 5.77. The summed E-state index contributed by atoms with van der Waals surface area (Å²) in [5, 5.41) is 2.34. The van der Waals surface area contributed by atoms with Crippen molar-refractivity contribution in [1.82, 2.24) is 29.6 Å². The topological polar surface area (TPSA) is 118 Å². The van der Waals surface area contributed by atoms with Crippen LogP contribution in [0, 0.1) is 5.82 Å². The average molecular weight is 578 g/mol. The molecular formula is C22H17F7N6O3S. The Bertz CT molecular complexity index is 1450. The Morgan fingerprint density at radius 2 is 1.62 bits per heavy atom. The van der Waals surface area contributed by atoms with Gasteiger partial charge in [0.05, 0.1) is 22.8 Å². The number of nitrogens with zero attached hydrogens (tertiary/aromatic N) is 5. The van der Waals surface area contributed by atoms with Crippen LogP contribution in [0.2, 0.25) is 0 Å². The number of rotatable bonds is 6. The van der Waals surface area contributed by atoms with Crippen molar-refractivity contribution >= 4 is 15.9 Å². The molecule has 4 rings (SSSR count). The highest BCUT2D eigenvalue weighted by atomic mass is 32.2. The maximum absolute atomic E-state index is 13.7. The van der Waals surface area contributed by atoms with Gasteiger partial charge >= 0.3 is 12.4 Å². The quantitative estimate of drug-likeness (QED) is 0.445. The molecule has 1 aromatic carbocycles. The molecule has 1 fully saturated rings. The van der Waals surface area contributed by atoms with E-state index >= 15 is 0 Å². The molecular weight excluding hydrogens is 561 g/mol. The summed E-state index contributed by atoms with van der Waals surface area (Å²) < 4.78 is 119. The van der Waals surface area contributed by atoms with Crippen molar-refractivity contribution in [3.05, 3.63) is 66.4 Å². The first kappa shape index (κ1) is 28.3. The fourth-order valence-electron chi connectivity index (χ4n) is 3.96. The van der Waals surface area contributed by atoms with Crippen LogP contribution in [-0.4, -0.2) is 56.8 Å². The van der Waals surface area contributed by atoms with Crippen LogP contribution in [0.1, 0.15) is 24.4 Å². The van der Waals surface area contributed by atoms with Gasteiger partial charge in [-0.1, -0.05) is 0 Å². The summed E-state index contributed by atoms with van der Waals surface area (Å²) >= 11 is 0. The van der Waals surface area contributed by atoms with Gasteiger partial charge in [-0.2, -0.15) is 30.6 Å². The molecule has 3 aromatic rings. The second-order valence-corrected chi connectivity index (χ2v) is 10.2. The third-order valence-corrected chi connectivity index (χ3v) is 7.70. The Kier molecular flexibility index (Phi) is 7.57. The van der Waals surface area contributed by atoms with E-state index in [9.17, 15) is 43.9 Å². The molecule has 1 N–H and O–H groups in total. The summed E-state index contributed by atoms with van der Waals surface area (Å²) in [5.41, 5.74) is 0.311. The number of amides is 1. The molecule has 39 heavy (non-hydrogen) atoms. The number of hydrogen-bond donors (Lipinski definition) is 1. The fourth-order valence-corrected chi connectivity index (χ4v) is 5.78. The Morgan fingerprint density at radius 1 is 0.974 bits per heavy atom. The standard InChI is InChI=1S/C22H17F7N6O3S/c23-13-1-3-15(4-2-13)39(37,38)35-17(5-6-18(35)21(24,25)26)19(36)30-10-14-7-16(34-11-33-14)12-8-31-20(32-9-12)22(27,28)29/h1-4,7-9,11,17-18H,5-6,10H2,(H,30,36)/t17-,18+/m1/s1. The maximum Gasteiger partial charge on any atom is 0.451 e. The Hall–Kier alpha value is -3.73. The van der Waals surface area contributed by atoms with Crippen molar-refractivity contribution in [3.8, 4) is 11.3 Å². The van der Waals surface area contributed by atoms with Crippen LogP contribution in [0.15, 0.2) is 53.9 Å². The van der Waals surface area contributed by atoms with E-state index in [4.69, 9.17) is 0 Å². The number of aromatic nitrogens is 4. The van der Waals surface area contributed by atoms with Crippen molar-refractivity contribution < 1.29 is 43.9 Å². The van der Waals surface area contributed by atoms with E-state index in [2.05, 4.69) is 25.3 Å². The van der Waals surface area contributed by atoms with E-state index < -0.39 is 69.7 Å². The van der Waals surface area contributed by atoms with Crippen molar-refractivity contribution in [1.29, 1.82) is 0 Å². The SMILES string of the molecule is O=C(NCc1cc(-c2cnc(C(F)(F)F)nc2)ncn1)[C@H]1CC[C@@H](C(F)(F)F)N1S(=O)(=O)c1ccc(F)cc1. The van der Waals surface area contributed by atoms with Gasteiger partial charge in [-0.05, 0) is 43.2 Å². The first-order valence-electron chi connectivity index (χ1n) is 11.0. The summed E-state index contributed by atoms with van der Waals surface area (Å²) in [4.78, 5) is 26.6. The van der Waals surface area contributed by atoms with Gasteiger partial charge in [0, 0.05) is 18.0 Å². The van der Waals surface area contributed by atoms with Crippen molar-refractivity contribution in [2.75, 3.05) is 0 Å². The molecule has 1 aliphatic heterocycles. The molecule has 2 aromatic heterocycles. The number of carbonyl (C=O) groups is 1. The minimum atomic E-state index is -4.98. The van der Waals surface area contributed by atoms with E-state index in [0.29, 0.717) is 0 Å². The number of carbonyl (C=O) groups excluding carboxylic acids is 1. The van der Waals surface area contributed by atoms with Gasteiger partial charge in [0.15, 0.2) is 0 Å². The van der Waals surface area contributed by atoms with E-state index in [0.717, 1.165) is 43.0 Å². The first-order chi connectivity index (χ1) is 18.2. The van der Waals surface area contributed by atoms with Gasteiger partial charge in [0.2, 0.25) is 21.8 Å². The molecule has 208 valence electrons. The molecule has 0 unspecified atom stereocenters. The highest BCUT2D eigenvalue weighted by Crippen LogP contribution is 2.40. The molecule has 0 spiro atoms. The van der Waals surface area contributed by atoms with Gasteiger partial charge in [-0.3, -0.25) is 4.79 Å². The minimum Gasteiger partial charge on any atom is -0.349 e. The predicted molar refractivity (Wildman–Crippen MR) is 118 cm³/mol. The van der Waals surface area contributed by atoms with Crippen molar-refractivity contribution in [3.63, 3.8) is 0 Å². The third kappa shape index (κ3) is 6.13. The highest BCUT2D eigenvalue weighted by molar-refractivity contribution is 7.89. The Morgan fingerprint density at radius 3 is 2.21 bits per heavy atom. The van der Waals surface area contributed by atoms with Crippen LogP contribution in [-0.2, 0) is 27.5 Å². The smallest absolute Gasteiger partial charge is 0.349 e. The zero-order chi connectivity index (χ0) is 28.6. The number of nitrogens with one attached hydrogen (secondary N) is 1. The summed E-state index contributed by atoms with van der Waals surface area (Å²) in [7, 11) is -4.86. The zero-order valence-electron chi connectivity index (χ0n) is 19.4. The van der Waals surface area contributed by atoms with Crippen LogP contribution in [0.5, 0.6) is 0 Å². The van der Waals surface area contributed by atoms with Crippen LogP contribution in [0.4, 0.5) is 30.7 Å². The van der Waals surface area contributed by atoms with Crippen LogP contribution in [0.3, 0.4) is 0 Å². The highest BCUT2D eigenvalue weighted by Gasteiger charge is 2.56. The molecule has 0 saturated carbocycles. The van der Waals surface area contributed by atoms with Gasteiger partial charge in [0.25, 0.3) is 0 Å². The van der Waals surface area contributed by atoms with Gasteiger partial charge < -0.3 is 5.32 Å². The number of halogens is 7. The lowest BCUT2D eigenvalue weighted by atomic mass is 10.2. The molecule has 9 nitrogen and oxygen atoms in total.